The third-order valence-electron chi connectivity index (χ3n) is 3.12. The van der Waals surface area contributed by atoms with Gasteiger partial charge in [-0.15, -0.1) is 0 Å². The summed E-state index contributed by atoms with van der Waals surface area (Å²) in [5, 5.41) is 7.89. The van der Waals surface area contributed by atoms with E-state index < -0.39 is 13.8 Å². The second kappa shape index (κ2) is 16.2. The van der Waals surface area contributed by atoms with Crippen molar-refractivity contribution in [2.24, 2.45) is 0 Å². The topological polar surface area (TPSA) is 104 Å². The molecule has 23 heavy (non-hydrogen) atoms. The molecule has 3 N–H and O–H groups in total. The van der Waals surface area contributed by atoms with Crippen molar-refractivity contribution in [3.8, 4) is 0 Å². The van der Waals surface area contributed by atoms with E-state index in [2.05, 4.69) is 18.0 Å². The lowest BCUT2D eigenvalue weighted by atomic mass is 10.1. The summed E-state index contributed by atoms with van der Waals surface area (Å²) in [6.45, 7) is 6.99. The Morgan fingerprint density at radius 1 is 0.957 bits per heavy atom. The van der Waals surface area contributed by atoms with Gasteiger partial charge >= 0.3 is 13.8 Å². The number of unbranched alkanes of at least 4 members (excludes halogenated alkanes) is 9. The van der Waals surface area contributed by atoms with Crippen molar-refractivity contribution >= 4 is 13.8 Å². The number of carbonyl (C=O) groups is 1. The molecule has 0 aliphatic rings. The standard InChI is InChI=1S/C12H27O4P.C4H6O2/c1-2-3-4-5-6-7-8-9-10-11-12-16-17(13,14)15;1-3(2)4(5)6/h2-12H2,1H3,(H2,13,14,15);1H2,2H3,(H,5,6). The highest BCUT2D eigenvalue weighted by atomic mass is 31.2. The van der Waals surface area contributed by atoms with E-state index in [0.29, 0.717) is 0 Å². The number of phosphoric acid groups is 1. The summed E-state index contributed by atoms with van der Waals surface area (Å²) in [5.74, 6) is -0.935. The summed E-state index contributed by atoms with van der Waals surface area (Å²) in [4.78, 5) is 26.5. The number of phosphoric ester groups is 1. The van der Waals surface area contributed by atoms with Crippen LogP contribution in [0.25, 0.3) is 0 Å². The highest BCUT2D eigenvalue weighted by Gasteiger charge is 2.12. The Hall–Kier alpha value is -0.680. The maximum absolute atomic E-state index is 10.4. The maximum Gasteiger partial charge on any atom is 0.469 e. The Kier molecular flexibility index (Phi) is 17.3. The Bertz CT molecular complexity index is 338. The van der Waals surface area contributed by atoms with Crippen LogP contribution in [0.1, 0.15) is 78.1 Å². The van der Waals surface area contributed by atoms with E-state index >= 15 is 0 Å². The van der Waals surface area contributed by atoms with E-state index in [-0.39, 0.29) is 12.2 Å². The SMILES string of the molecule is C=C(C)C(=O)O.CCCCCCCCCCCCOP(=O)(O)O. The van der Waals surface area contributed by atoms with Gasteiger partial charge in [-0.2, -0.15) is 0 Å². The van der Waals surface area contributed by atoms with E-state index in [4.69, 9.17) is 14.9 Å². The van der Waals surface area contributed by atoms with Gasteiger partial charge in [0.2, 0.25) is 0 Å². The molecule has 0 saturated carbocycles. The average Bonchev–Trinajstić information content (AvgIpc) is 2.44. The zero-order chi connectivity index (χ0) is 18.1. The molecule has 0 aromatic heterocycles. The molecule has 7 heteroatoms. The minimum Gasteiger partial charge on any atom is -0.478 e. The average molecular weight is 352 g/mol. The van der Waals surface area contributed by atoms with Gasteiger partial charge in [0.1, 0.15) is 0 Å². The van der Waals surface area contributed by atoms with Gasteiger partial charge in [-0.1, -0.05) is 71.3 Å². The molecule has 0 aliphatic carbocycles. The molecule has 0 unspecified atom stereocenters. The van der Waals surface area contributed by atoms with Crippen LogP contribution in [0, 0.1) is 0 Å². The summed E-state index contributed by atoms with van der Waals surface area (Å²) < 4.78 is 14.7. The molecule has 0 aromatic carbocycles. The van der Waals surface area contributed by atoms with Crippen molar-refractivity contribution in [1.82, 2.24) is 0 Å². The van der Waals surface area contributed by atoms with E-state index in [1.165, 1.54) is 51.9 Å². The molecule has 0 heterocycles. The molecule has 0 spiro atoms. The van der Waals surface area contributed by atoms with E-state index in [1.54, 1.807) is 0 Å². The monoisotopic (exact) mass is 352 g/mol. The lowest BCUT2D eigenvalue weighted by Crippen LogP contribution is -1.92. The third kappa shape index (κ3) is 26.5. The molecule has 0 fully saturated rings. The number of hydrogen-bond acceptors (Lipinski definition) is 3. The summed E-state index contributed by atoms with van der Waals surface area (Å²) in [5.41, 5.74) is 0.176. The molecular formula is C16H33O6P. The first-order chi connectivity index (χ1) is 10.7. The fourth-order valence-electron chi connectivity index (χ4n) is 1.77. The molecule has 0 bridgehead atoms. The lowest BCUT2D eigenvalue weighted by molar-refractivity contribution is -0.132. The van der Waals surface area contributed by atoms with E-state index in [9.17, 15) is 9.36 Å². The first-order valence-electron chi connectivity index (χ1n) is 8.29. The fourth-order valence-corrected chi connectivity index (χ4v) is 2.14. The molecule has 0 rings (SSSR count). The van der Waals surface area contributed by atoms with Crippen LogP contribution >= 0.6 is 7.82 Å². The predicted octanol–water partition coefficient (Wildman–Crippen LogP) is 4.66. The Morgan fingerprint density at radius 2 is 1.30 bits per heavy atom. The van der Waals surface area contributed by atoms with Crippen molar-refractivity contribution in [2.75, 3.05) is 6.61 Å². The Labute approximate surface area is 140 Å². The fraction of sp³-hybridized carbons (Fsp3) is 0.812. The van der Waals surface area contributed by atoms with Crippen molar-refractivity contribution in [1.29, 1.82) is 0 Å². The zero-order valence-electron chi connectivity index (χ0n) is 14.5. The summed E-state index contributed by atoms with van der Waals surface area (Å²) >= 11 is 0. The largest absolute Gasteiger partial charge is 0.478 e. The highest BCUT2D eigenvalue weighted by molar-refractivity contribution is 7.46. The van der Waals surface area contributed by atoms with E-state index in [0.717, 1.165) is 19.3 Å². The first kappa shape index (κ1) is 24.6. The molecule has 0 aliphatic heterocycles. The van der Waals surface area contributed by atoms with Crippen LogP contribution in [0.15, 0.2) is 12.2 Å². The van der Waals surface area contributed by atoms with Gasteiger partial charge in [0.05, 0.1) is 6.61 Å². The molecule has 0 aromatic rings. The number of carboxylic acid groups (broad SMARTS) is 1. The molecule has 0 atom stereocenters. The van der Waals surface area contributed by atoms with Gasteiger partial charge in [-0.3, -0.25) is 4.52 Å². The molecule has 0 radical (unpaired) electrons. The van der Waals surface area contributed by atoms with Gasteiger partial charge in [0.25, 0.3) is 0 Å². The van der Waals surface area contributed by atoms with Crippen molar-refractivity contribution in [3.05, 3.63) is 12.2 Å². The summed E-state index contributed by atoms with van der Waals surface area (Å²) in [7, 11) is -4.24. The first-order valence-corrected chi connectivity index (χ1v) is 9.82. The van der Waals surface area contributed by atoms with Gasteiger partial charge < -0.3 is 14.9 Å². The van der Waals surface area contributed by atoms with Crippen LogP contribution in [0.2, 0.25) is 0 Å². The maximum atomic E-state index is 10.4. The van der Waals surface area contributed by atoms with Gasteiger partial charge in [0, 0.05) is 5.57 Å². The molecule has 138 valence electrons. The van der Waals surface area contributed by atoms with Crippen molar-refractivity contribution in [2.45, 2.75) is 78.1 Å². The van der Waals surface area contributed by atoms with Gasteiger partial charge in [-0.05, 0) is 13.3 Å². The van der Waals surface area contributed by atoms with Crippen LogP contribution in [0.3, 0.4) is 0 Å². The zero-order valence-corrected chi connectivity index (χ0v) is 15.4. The molecule has 0 saturated heterocycles. The summed E-state index contributed by atoms with van der Waals surface area (Å²) in [6.07, 6.45) is 12.0. The summed E-state index contributed by atoms with van der Waals surface area (Å²) in [6, 6.07) is 0. The highest BCUT2D eigenvalue weighted by Crippen LogP contribution is 2.35. The number of carboxylic acids is 1. The van der Waals surface area contributed by atoms with Crippen molar-refractivity contribution in [3.63, 3.8) is 0 Å². The van der Waals surface area contributed by atoms with Gasteiger partial charge in [0.15, 0.2) is 0 Å². The smallest absolute Gasteiger partial charge is 0.469 e. The second-order valence-corrected chi connectivity index (χ2v) is 6.83. The van der Waals surface area contributed by atoms with Crippen LogP contribution in [-0.4, -0.2) is 27.5 Å². The van der Waals surface area contributed by atoms with Crippen LogP contribution in [0.4, 0.5) is 0 Å². The Balaban J connectivity index is 0. The minimum atomic E-state index is -4.24. The van der Waals surface area contributed by atoms with Crippen LogP contribution < -0.4 is 0 Å². The predicted molar refractivity (Wildman–Crippen MR) is 92.3 cm³/mol. The quantitative estimate of drug-likeness (QED) is 0.253. The number of hydrogen-bond donors (Lipinski definition) is 3. The Morgan fingerprint density at radius 3 is 1.61 bits per heavy atom. The van der Waals surface area contributed by atoms with E-state index in [1.807, 2.05) is 0 Å². The lowest BCUT2D eigenvalue weighted by Gasteiger charge is -2.05. The third-order valence-corrected chi connectivity index (χ3v) is 3.64. The minimum absolute atomic E-state index is 0.167. The normalized spacial score (nSPS) is 10.8. The number of rotatable bonds is 13. The van der Waals surface area contributed by atoms with Crippen molar-refractivity contribution < 1.29 is 28.8 Å². The number of aliphatic carboxylic acids is 1. The molecular weight excluding hydrogens is 319 g/mol. The molecule has 0 amide bonds. The second-order valence-electron chi connectivity index (χ2n) is 5.59. The molecule has 6 nitrogen and oxygen atoms in total. The van der Waals surface area contributed by atoms with Crippen LogP contribution in [0.5, 0.6) is 0 Å². The van der Waals surface area contributed by atoms with Gasteiger partial charge in [-0.25, -0.2) is 9.36 Å². The van der Waals surface area contributed by atoms with Crippen LogP contribution in [-0.2, 0) is 13.9 Å².